The molecule has 0 heterocycles. The van der Waals surface area contributed by atoms with Gasteiger partial charge in [-0.15, -0.1) is 0 Å². The van der Waals surface area contributed by atoms with Crippen LogP contribution in [-0.4, -0.2) is 37.2 Å². The molecule has 0 bridgehead atoms. The van der Waals surface area contributed by atoms with Crippen molar-refractivity contribution in [3.05, 3.63) is 0 Å². The summed E-state index contributed by atoms with van der Waals surface area (Å²) in [6.45, 7) is 8.96. The standard InChI is InChI=1S/C9H22N2/c1-6-9(3)8-11(5)10(4)7-2/h9H,6-8H2,1-5H3. The SMILES string of the molecule is CCC(C)CN(C)N(C)CC. The minimum absolute atomic E-state index is 0.800. The van der Waals surface area contributed by atoms with Crippen molar-refractivity contribution in [2.75, 3.05) is 27.2 Å². The van der Waals surface area contributed by atoms with Crippen molar-refractivity contribution in [1.29, 1.82) is 0 Å². The molecule has 11 heavy (non-hydrogen) atoms. The molecule has 0 spiro atoms. The molecule has 0 saturated carbocycles. The van der Waals surface area contributed by atoms with E-state index in [-0.39, 0.29) is 0 Å². The molecule has 1 unspecified atom stereocenters. The molecule has 0 radical (unpaired) electrons. The summed E-state index contributed by atoms with van der Waals surface area (Å²) in [6, 6.07) is 0. The summed E-state index contributed by atoms with van der Waals surface area (Å²) < 4.78 is 0. The van der Waals surface area contributed by atoms with Gasteiger partial charge in [-0.1, -0.05) is 27.2 Å². The van der Waals surface area contributed by atoms with E-state index < -0.39 is 0 Å². The van der Waals surface area contributed by atoms with Crippen LogP contribution >= 0.6 is 0 Å². The molecular formula is C9H22N2. The Bertz CT molecular complexity index is 93.6. The lowest BCUT2D eigenvalue weighted by atomic mass is 10.1. The highest BCUT2D eigenvalue weighted by Gasteiger charge is 2.06. The molecule has 68 valence electrons. The fourth-order valence-corrected chi connectivity index (χ4v) is 0.961. The monoisotopic (exact) mass is 158 g/mol. The smallest absolute Gasteiger partial charge is 0.0155 e. The maximum atomic E-state index is 2.29. The Labute approximate surface area is 71.1 Å². The number of hydrazine groups is 1. The van der Waals surface area contributed by atoms with Crippen LogP contribution in [0.2, 0.25) is 0 Å². The van der Waals surface area contributed by atoms with Crippen LogP contribution in [0.1, 0.15) is 27.2 Å². The van der Waals surface area contributed by atoms with Crippen LogP contribution in [0.5, 0.6) is 0 Å². The summed E-state index contributed by atoms with van der Waals surface area (Å²) >= 11 is 0. The zero-order valence-electron chi connectivity index (χ0n) is 8.59. The first kappa shape index (κ1) is 10.9. The van der Waals surface area contributed by atoms with Gasteiger partial charge < -0.3 is 0 Å². The number of nitrogens with zero attached hydrogens (tertiary/aromatic N) is 2. The summed E-state index contributed by atoms with van der Waals surface area (Å²) in [7, 11) is 4.28. The lowest BCUT2D eigenvalue weighted by molar-refractivity contribution is 0.0195. The summed E-state index contributed by atoms with van der Waals surface area (Å²) in [4.78, 5) is 0. The van der Waals surface area contributed by atoms with E-state index in [9.17, 15) is 0 Å². The van der Waals surface area contributed by atoms with Crippen LogP contribution in [0.25, 0.3) is 0 Å². The molecule has 0 aromatic heterocycles. The molecule has 0 aromatic rings. The third-order valence-corrected chi connectivity index (χ3v) is 2.31. The molecule has 0 aliphatic heterocycles. The Morgan fingerprint density at radius 3 is 2.00 bits per heavy atom. The third kappa shape index (κ3) is 4.38. The highest BCUT2D eigenvalue weighted by molar-refractivity contribution is 4.53. The van der Waals surface area contributed by atoms with Crippen molar-refractivity contribution in [1.82, 2.24) is 10.0 Å². The van der Waals surface area contributed by atoms with E-state index in [1.807, 2.05) is 0 Å². The molecule has 0 rings (SSSR count). The third-order valence-electron chi connectivity index (χ3n) is 2.31. The Balaban J connectivity index is 3.58. The maximum absolute atomic E-state index is 2.29. The lowest BCUT2D eigenvalue weighted by Gasteiger charge is -2.29. The molecule has 0 N–H and O–H groups in total. The zero-order chi connectivity index (χ0) is 8.85. The first-order chi connectivity index (χ1) is 5.11. The van der Waals surface area contributed by atoms with Gasteiger partial charge in [0.1, 0.15) is 0 Å². The second-order valence-corrected chi connectivity index (χ2v) is 3.33. The Morgan fingerprint density at radius 2 is 1.64 bits per heavy atom. The summed E-state index contributed by atoms with van der Waals surface area (Å²) in [5.74, 6) is 0.800. The molecule has 2 nitrogen and oxygen atoms in total. The van der Waals surface area contributed by atoms with Crippen molar-refractivity contribution in [2.45, 2.75) is 27.2 Å². The van der Waals surface area contributed by atoms with Crippen LogP contribution in [0.4, 0.5) is 0 Å². The zero-order valence-corrected chi connectivity index (χ0v) is 8.59. The van der Waals surface area contributed by atoms with Crippen LogP contribution in [0.3, 0.4) is 0 Å². The summed E-state index contributed by atoms with van der Waals surface area (Å²) in [5.41, 5.74) is 0. The second kappa shape index (κ2) is 5.56. The second-order valence-electron chi connectivity index (χ2n) is 3.33. The van der Waals surface area contributed by atoms with Gasteiger partial charge in [0.15, 0.2) is 0 Å². The molecule has 0 saturated heterocycles. The van der Waals surface area contributed by atoms with Crippen molar-refractivity contribution in [2.24, 2.45) is 5.92 Å². The number of hydrogen-bond acceptors (Lipinski definition) is 2. The van der Waals surface area contributed by atoms with Gasteiger partial charge >= 0.3 is 0 Å². The van der Waals surface area contributed by atoms with Crippen LogP contribution in [0.15, 0.2) is 0 Å². The highest BCUT2D eigenvalue weighted by atomic mass is 15.6. The van der Waals surface area contributed by atoms with Crippen molar-refractivity contribution in [3.63, 3.8) is 0 Å². The van der Waals surface area contributed by atoms with E-state index in [2.05, 4.69) is 44.9 Å². The van der Waals surface area contributed by atoms with E-state index in [0.717, 1.165) is 12.5 Å². The largest absolute Gasteiger partial charge is 0.245 e. The van der Waals surface area contributed by atoms with Crippen molar-refractivity contribution >= 4 is 0 Å². The van der Waals surface area contributed by atoms with Crippen molar-refractivity contribution < 1.29 is 0 Å². The van der Waals surface area contributed by atoms with E-state index in [0.29, 0.717) is 0 Å². The normalized spacial score (nSPS) is 14.5. The van der Waals surface area contributed by atoms with Gasteiger partial charge in [0.2, 0.25) is 0 Å². The fourth-order valence-electron chi connectivity index (χ4n) is 0.961. The van der Waals surface area contributed by atoms with Crippen LogP contribution in [0, 0.1) is 5.92 Å². The molecule has 0 amide bonds. The van der Waals surface area contributed by atoms with E-state index in [4.69, 9.17) is 0 Å². The van der Waals surface area contributed by atoms with Gasteiger partial charge in [-0.25, -0.2) is 10.0 Å². The Morgan fingerprint density at radius 1 is 1.09 bits per heavy atom. The average molecular weight is 158 g/mol. The highest BCUT2D eigenvalue weighted by Crippen LogP contribution is 2.03. The molecule has 0 aliphatic rings. The quantitative estimate of drug-likeness (QED) is 0.563. The van der Waals surface area contributed by atoms with Crippen molar-refractivity contribution in [3.8, 4) is 0 Å². The van der Waals surface area contributed by atoms with E-state index in [1.54, 1.807) is 0 Å². The van der Waals surface area contributed by atoms with Gasteiger partial charge in [0.25, 0.3) is 0 Å². The lowest BCUT2D eigenvalue weighted by Crippen LogP contribution is -2.38. The number of rotatable bonds is 5. The van der Waals surface area contributed by atoms with E-state index >= 15 is 0 Å². The van der Waals surface area contributed by atoms with Crippen LogP contribution in [-0.2, 0) is 0 Å². The summed E-state index contributed by atoms with van der Waals surface area (Å²) in [6.07, 6.45) is 1.27. The van der Waals surface area contributed by atoms with Gasteiger partial charge in [-0.2, -0.15) is 0 Å². The van der Waals surface area contributed by atoms with Gasteiger partial charge in [0.05, 0.1) is 0 Å². The molecule has 0 fully saturated rings. The minimum atomic E-state index is 0.800. The Kier molecular flexibility index (Phi) is 5.51. The first-order valence-electron chi connectivity index (χ1n) is 4.53. The molecule has 1 atom stereocenters. The van der Waals surface area contributed by atoms with Gasteiger partial charge in [-0.3, -0.25) is 0 Å². The summed E-state index contributed by atoms with van der Waals surface area (Å²) in [5, 5.41) is 4.53. The van der Waals surface area contributed by atoms with E-state index in [1.165, 1.54) is 13.0 Å². The number of hydrogen-bond donors (Lipinski definition) is 0. The van der Waals surface area contributed by atoms with Crippen LogP contribution < -0.4 is 0 Å². The molecular weight excluding hydrogens is 136 g/mol. The molecule has 0 aliphatic carbocycles. The topological polar surface area (TPSA) is 6.48 Å². The van der Waals surface area contributed by atoms with Gasteiger partial charge in [-0.05, 0) is 5.92 Å². The van der Waals surface area contributed by atoms with Gasteiger partial charge in [0, 0.05) is 27.2 Å². The average Bonchev–Trinajstić information content (AvgIpc) is 2.02. The first-order valence-corrected chi connectivity index (χ1v) is 4.53. The predicted molar refractivity (Wildman–Crippen MR) is 50.4 cm³/mol. The predicted octanol–water partition coefficient (Wildman–Crippen LogP) is 1.83. The maximum Gasteiger partial charge on any atom is 0.0155 e. The Hall–Kier alpha value is -0.0800. The fraction of sp³-hybridized carbons (Fsp3) is 1.00. The molecule has 2 heteroatoms. The molecule has 0 aromatic carbocycles. The minimum Gasteiger partial charge on any atom is -0.245 e.